The third kappa shape index (κ3) is 3.45. The van der Waals surface area contributed by atoms with Crippen LogP contribution in [-0.4, -0.2) is 19.6 Å². The lowest BCUT2D eigenvalue weighted by Crippen LogP contribution is -2.32. The van der Waals surface area contributed by atoms with Gasteiger partial charge < -0.3 is 10.2 Å². The van der Waals surface area contributed by atoms with Gasteiger partial charge in [-0.15, -0.1) is 0 Å². The molecule has 1 N–H and O–H groups in total. The molecule has 3 heteroatoms. The van der Waals surface area contributed by atoms with Gasteiger partial charge in [0.15, 0.2) is 0 Å². The summed E-state index contributed by atoms with van der Waals surface area (Å²) >= 11 is 0. The average Bonchev–Trinajstić information content (AvgIpc) is 3.08. The maximum absolute atomic E-state index is 13.7. The van der Waals surface area contributed by atoms with Crippen molar-refractivity contribution < 1.29 is 4.39 Å². The van der Waals surface area contributed by atoms with Gasteiger partial charge in [0.25, 0.3) is 0 Å². The molecule has 2 rings (SSSR count). The van der Waals surface area contributed by atoms with E-state index in [1.807, 2.05) is 7.05 Å². The summed E-state index contributed by atoms with van der Waals surface area (Å²) < 4.78 is 13.7. The minimum absolute atomic E-state index is 0.140. The first kappa shape index (κ1) is 13.3. The van der Waals surface area contributed by atoms with E-state index in [1.165, 1.54) is 12.8 Å². The molecule has 0 amide bonds. The van der Waals surface area contributed by atoms with E-state index in [4.69, 9.17) is 0 Å². The van der Waals surface area contributed by atoms with Crippen LogP contribution < -0.4 is 10.2 Å². The smallest absolute Gasteiger partial charge is 0.125 e. The van der Waals surface area contributed by atoms with Crippen LogP contribution >= 0.6 is 0 Å². The number of nitrogens with zero attached hydrogens (tertiary/aromatic N) is 1. The number of halogens is 1. The molecule has 1 fully saturated rings. The van der Waals surface area contributed by atoms with Gasteiger partial charge in [0.05, 0.1) is 0 Å². The van der Waals surface area contributed by atoms with E-state index >= 15 is 0 Å². The molecule has 0 radical (unpaired) electrons. The normalized spacial score (nSPS) is 15.2. The Labute approximate surface area is 109 Å². The molecular formula is C15H23FN2. The summed E-state index contributed by atoms with van der Waals surface area (Å²) in [5.41, 5.74) is 2.02. The van der Waals surface area contributed by atoms with Crippen LogP contribution in [0.15, 0.2) is 18.2 Å². The van der Waals surface area contributed by atoms with Gasteiger partial charge in [-0.25, -0.2) is 4.39 Å². The summed E-state index contributed by atoms with van der Waals surface area (Å²) in [7, 11) is 1.88. The van der Waals surface area contributed by atoms with Gasteiger partial charge in [-0.05, 0) is 63.4 Å². The monoisotopic (exact) mass is 250 g/mol. The van der Waals surface area contributed by atoms with E-state index in [1.54, 1.807) is 12.1 Å². The van der Waals surface area contributed by atoms with Crippen LogP contribution in [-0.2, 0) is 6.54 Å². The van der Waals surface area contributed by atoms with Crippen LogP contribution in [0.2, 0.25) is 0 Å². The van der Waals surface area contributed by atoms with Crippen molar-refractivity contribution in [3.63, 3.8) is 0 Å². The van der Waals surface area contributed by atoms with E-state index in [0.29, 0.717) is 12.6 Å². The first-order chi connectivity index (χ1) is 8.60. The van der Waals surface area contributed by atoms with E-state index in [-0.39, 0.29) is 5.82 Å². The van der Waals surface area contributed by atoms with Crippen molar-refractivity contribution in [1.29, 1.82) is 0 Å². The van der Waals surface area contributed by atoms with Crippen LogP contribution in [0, 0.1) is 11.7 Å². The van der Waals surface area contributed by atoms with E-state index in [9.17, 15) is 4.39 Å². The quantitative estimate of drug-likeness (QED) is 0.834. The molecule has 0 atom stereocenters. The van der Waals surface area contributed by atoms with Crippen molar-refractivity contribution >= 4 is 5.69 Å². The Balaban J connectivity index is 2.21. The number of hydrogen-bond acceptors (Lipinski definition) is 2. The maximum Gasteiger partial charge on any atom is 0.125 e. The molecular weight excluding hydrogens is 227 g/mol. The Morgan fingerprint density at radius 1 is 1.33 bits per heavy atom. The summed E-state index contributed by atoms with van der Waals surface area (Å²) in [5, 5.41) is 3.07. The molecule has 1 saturated carbocycles. The lowest BCUT2D eigenvalue weighted by Gasteiger charge is -2.29. The van der Waals surface area contributed by atoms with E-state index < -0.39 is 0 Å². The molecule has 0 unspecified atom stereocenters. The number of hydrogen-bond donors (Lipinski definition) is 1. The molecule has 0 aliphatic heterocycles. The Hall–Kier alpha value is -1.09. The van der Waals surface area contributed by atoms with E-state index in [2.05, 4.69) is 30.1 Å². The summed E-state index contributed by atoms with van der Waals surface area (Å²) in [6, 6.07) is 5.77. The lowest BCUT2D eigenvalue weighted by atomic mass is 10.1. The van der Waals surface area contributed by atoms with Crippen molar-refractivity contribution in [2.24, 2.45) is 5.92 Å². The topological polar surface area (TPSA) is 15.3 Å². The molecule has 0 heterocycles. The fraction of sp³-hybridized carbons (Fsp3) is 0.600. The molecule has 1 aromatic rings. The lowest BCUT2D eigenvalue weighted by molar-refractivity contribution is 0.612. The minimum atomic E-state index is -0.140. The van der Waals surface area contributed by atoms with Gasteiger partial charge in [-0.3, -0.25) is 0 Å². The van der Waals surface area contributed by atoms with E-state index in [0.717, 1.165) is 23.7 Å². The molecule has 2 nitrogen and oxygen atoms in total. The van der Waals surface area contributed by atoms with Gasteiger partial charge in [0, 0.05) is 24.8 Å². The van der Waals surface area contributed by atoms with Crippen molar-refractivity contribution in [3.8, 4) is 0 Å². The maximum atomic E-state index is 13.7. The predicted octanol–water partition coefficient (Wildman–Crippen LogP) is 3.17. The van der Waals surface area contributed by atoms with Crippen LogP contribution in [0.3, 0.4) is 0 Å². The molecule has 0 bridgehead atoms. The van der Waals surface area contributed by atoms with Crippen LogP contribution in [0.25, 0.3) is 0 Å². The van der Waals surface area contributed by atoms with Crippen LogP contribution in [0.1, 0.15) is 32.3 Å². The highest BCUT2D eigenvalue weighted by Gasteiger charge is 2.26. The zero-order valence-corrected chi connectivity index (χ0v) is 11.5. The third-order valence-corrected chi connectivity index (χ3v) is 3.43. The van der Waals surface area contributed by atoms with Gasteiger partial charge in [0.2, 0.25) is 0 Å². The molecule has 0 spiro atoms. The van der Waals surface area contributed by atoms with Crippen molar-refractivity contribution in [1.82, 2.24) is 5.32 Å². The second-order valence-corrected chi connectivity index (χ2v) is 5.54. The molecule has 1 aliphatic rings. The molecule has 18 heavy (non-hydrogen) atoms. The average molecular weight is 250 g/mol. The number of anilines is 1. The number of nitrogens with one attached hydrogen (secondary N) is 1. The Morgan fingerprint density at radius 2 is 2.06 bits per heavy atom. The first-order valence-corrected chi connectivity index (χ1v) is 6.81. The SMILES string of the molecule is CNCc1cc(F)cc(N(CC2CC2)C(C)C)c1. The van der Waals surface area contributed by atoms with Gasteiger partial charge in [0.1, 0.15) is 5.82 Å². The molecule has 100 valence electrons. The Bertz CT molecular complexity index is 399. The first-order valence-electron chi connectivity index (χ1n) is 6.81. The molecule has 0 saturated heterocycles. The third-order valence-electron chi connectivity index (χ3n) is 3.43. The summed E-state index contributed by atoms with van der Waals surface area (Å²) in [4.78, 5) is 2.32. The fourth-order valence-electron chi connectivity index (χ4n) is 2.30. The number of benzene rings is 1. The van der Waals surface area contributed by atoms with Gasteiger partial charge in [-0.2, -0.15) is 0 Å². The summed E-state index contributed by atoms with van der Waals surface area (Å²) in [6.07, 6.45) is 2.64. The van der Waals surface area contributed by atoms with Crippen molar-refractivity contribution in [2.45, 2.75) is 39.3 Å². The Morgan fingerprint density at radius 3 is 2.61 bits per heavy atom. The second-order valence-electron chi connectivity index (χ2n) is 5.54. The predicted molar refractivity (Wildman–Crippen MR) is 74.4 cm³/mol. The largest absolute Gasteiger partial charge is 0.369 e. The highest BCUT2D eigenvalue weighted by atomic mass is 19.1. The highest BCUT2D eigenvalue weighted by molar-refractivity contribution is 5.50. The molecule has 1 aromatic carbocycles. The summed E-state index contributed by atoms with van der Waals surface area (Å²) in [6.45, 7) is 6.11. The zero-order valence-electron chi connectivity index (χ0n) is 11.5. The summed E-state index contributed by atoms with van der Waals surface area (Å²) in [5.74, 6) is 0.669. The Kier molecular flexibility index (Phi) is 4.23. The fourth-order valence-corrected chi connectivity index (χ4v) is 2.30. The van der Waals surface area contributed by atoms with Crippen molar-refractivity contribution in [2.75, 3.05) is 18.5 Å². The van der Waals surface area contributed by atoms with Gasteiger partial charge >= 0.3 is 0 Å². The van der Waals surface area contributed by atoms with Gasteiger partial charge in [-0.1, -0.05) is 0 Å². The zero-order chi connectivity index (χ0) is 13.1. The number of rotatable bonds is 6. The van der Waals surface area contributed by atoms with Crippen LogP contribution in [0.5, 0.6) is 0 Å². The minimum Gasteiger partial charge on any atom is -0.369 e. The standard InChI is InChI=1S/C15H23FN2/c1-11(2)18(10-12-4-5-12)15-7-13(9-17-3)6-14(16)8-15/h6-8,11-12,17H,4-5,9-10H2,1-3H3. The van der Waals surface area contributed by atoms with Crippen molar-refractivity contribution in [3.05, 3.63) is 29.6 Å². The molecule has 1 aliphatic carbocycles. The van der Waals surface area contributed by atoms with Crippen LogP contribution in [0.4, 0.5) is 10.1 Å². The highest BCUT2D eigenvalue weighted by Crippen LogP contribution is 2.32. The molecule has 0 aromatic heterocycles. The second kappa shape index (κ2) is 5.70.